The highest BCUT2D eigenvalue weighted by molar-refractivity contribution is 5.61. The molecule has 3 aromatic rings. The second-order valence-corrected chi connectivity index (χ2v) is 13.6. The molecular weight excluding hydrogens is 673 g/mol. The van der Waals surface area contributed by atoms with Gasteiger partial charge in [-0.15, -0.1) is 0 Å². The lowest BCUT2D eigenvalue weighted by Crippen LogP contribution is -2.52. The molecule has 9 atom stereocenters. The van der Waals surface area contributed by atoms with Gasteiger partial charge >= 0.3 is 0 Å². The predicted molar refractivity (Wildman–Crippen MR) is 266 cm³/mol. The molecule has 2 unspecified atom stereocenters. The molecule has 0 bridgehead atoms. The van der Waals surface area contributed by atoms with Gasteiger partial charge in [-0.05, 0) is 82.4 Å². The van der Waals surface area contributed by atoms with Crippen LogP contribution in [0.5, 0.6) is 0 Å². The molecule has 2 saturated carbocycles. The Morgan fingerprint density at radius 1 is 0.518 bits per heavy atom. The minimum atomic E-state index is 0. The van der Waals surface area contributed by atoms with Crippen LogP contribution in [0.25, 0.3) is 0 Å². The third-order valence-electron chi connectivity index (χ3n) is 10.9. The number of hydrogen-bond donors (Lipinski definition) is 0. The van der Waals surface area contributed by atoms with Crippen molar-refractivity contribution in [3.05, 3.63) is 131 Å². The van der Waals surface area contributed by atoms with E-state index in [4.69, 9.17) is 0 Å². The van der Waals surface area contributed by atoms with Crippen molar-refractivity contribution >= 4 is 0 Å². The topological polar surface area (TPSA) is 0 Å². The van der Waals surface area contributed by atoms with Crippen molar-refractivity contribution in [3.8, 4) is 0 Å². The van der Waals surface area contributed by atoms with Gasteiger partial charge in [0.05, 0.1) is 0 Å². The largest absolute Gasteiger partial charge is 0.0808 e. The summed E-state index contributed by atoms with van der Waals surface area (Å²) in [5.74, 6) is 6.61. The van der Waals surface area contributed by atoms with Crippen molar-refractivity contribution in [2.24, 2.45) is 35.5 Å². The molecule has 0 amide bonds. The highest BCUT2D eigenvalue weighted by Crippen LogP contribution is 2.77. The van der Waals surface area contributed by atoms with Crippen LogP contribution in [0.1, 0.15) is 207 Å². The minimum Gasteiger partial charge on any atom is -0.0808 e. The van der Waals surface area contributed by atoms with Crippen LogP contribution in [-0.2, 0) is 5.41 Å². The van der Waals surface area contributed by atoms with E-state index in [0.29, 0.717) is 11.8 Å². The quantitative estimate of drug-likeness (QED) is 0.213. The van der Waals surface area contributed by atoms with Crippen LogP contribution in [-0.4, -0.2) is 0 Å². The normalized spacial score (nSPS) is 25.5. The lowest BCUT2D eigenvalue weighted by molar-refractivity contribution is -0.0111. The van der Waals surface area contributed by atoms with Gasteiger partial charge in [-0.1, -0.05) is 269 Å². The molecule has 0 aliphatic heterocycles. The first-order valence-corrected chi connectivity index (χ1v) is 22.4. The lowest BCUT2D eigenvalue weighted by atomic mass is 9.48. The van der Waals surface area contributed by atoms with Gasteiger partial charge in [0.1, 0.15) is 0 Å². The zero-order chi connectivity index (χ0) is 41.0. The number of benzene rings is 3. The fourth-order valence-corrected chi connectivity index (χ4v) is 9.10. The number of hydrogen-bond acceptors (Lipinski definition) is 0. The van der Waals surface area contributed by atoms with E-state index in [0.717, 1.165) is 41.9 Å². The Morgan fingerprint density at radius 2 is 0.875 bits per heavy atom. The molecule has 324 valence electrons. The highest BCUT2D eigenvalue weighted by Gasteiger charge is 2.71. The first kappa shape index (κ1) is 62.3. The second kappa shape index (κ2) is 36.5. The van der Waals surface area contributed by atoms with Crippen LogP contribution in [0.2, 0.25) is 0 Å². The Kier molecular flexibility index (Phi) is 40.6. The van der Waals surface area contributed by atoms with Crippen LogP contribution in [0, 0.1) is 35.5 Å². The van der Waals surface area contributed by atoms with Gasteiger partial charge in [0.25, 0.3) is 0 Å². The molecule has 0 radical (unpaired) electrons. The van der Waals surface area contributed by atoms with Crippen LogP contribution in [0.15, 0.2) is 109 Å². The third kappa shape index (κ3) is 14.5. The summed E-state index contributed by atoms with van der Waals surface area (Å²) in [7, 11) is 0. The molecule has 3 aromatic carbocycles. The van der Waals surface area contributed by atoms with E-state index in [2.05, 4.69) is 128 Å². The lowest BCUT2D eigenvalue weighted by Gasteiger charge is -2.55. The van der Waals surface area contributed by atoms with Gasteiger partial charge in [-0.2, -0.15) is 0 Å². The first-order valence-electron chi connectivity index (χ1n) is 22.4. The van der Waals surface area contributed by atoms with E-state index in [9.17, 15) is 0 Å². The van der Waals surface area contributed by atoms with Gasteiger partial charge < -0.3 is 0 Å². The van der Waals surface area contributed by atoms with Crippen LogP contribution in [0.3, 0.4) is 0 Å². The van der Waals surface area contributed by atoms with Crippen LogP contribution >= 0.6 is 0 Å². The maximum absolute atomic E-state index is 2.56. The average molecular weight is 773 g/mol. The summed E-state index contributed by atoms with van der Waals surface area (Å²) in [5, 5.41) is 0. The Morgan fingerprint density at radius 3 is 1.25 bits per heavy atom. The number of allylic oxidation sites excluding steroid dienone is 4. The fourth-order valence-electron chi connectivity index (χ4n) is 9.10. The van der Waals surface area contributed by atoms with E-state index in [-0.39, 0.29) is 27.7 Å². The second-order valence-electron chi connectivity index (χ2n) is 13.6. The Balaban J connectivity index is -0.000000241. The molecule has 0 saturated heterocycles. The summed E-state index contributed by atoms with van der Waals surface area (Å²) in [5.41, 5.74) is 6.95. The van der Waals surface area contributed by atoms with Crippen molar-refractivity contribution in [2.45, 2.75) is 190 Å². The Labute approximate surface area is 355 Å². The Bertz CT molecular complexity index is 1280. The predicted octanol–water partition coefficient (Wildman–Crippen LogP) is 19.4. The van der Waals surface area contributed by atoms with Gasteiger partial charge in [0, 0.05) is 5.41 Å². The maximum atomic E-state index is 2.56. The maximum Gasteiger partial charge on any atom is 0.0276 e. The molecule has 1 spiro atoms. The SMILES string of the molecule is C.C.C.C1=CCC=C1.CC.CC.CC.CC.CC.CCC.CCC.C[C@@H]1[C@@H]2[C@H]3C(c4ccccc4C34c3ccccc3[C@@H](C)[C@H]4C)[C@@H]2C[C@@H]1C.c1ccccc1. The van der Waals surface area contributed by atoms with Gasteiger partial charge in [0.15, 0.2) is 0 Å². The summed E-state index contributed by atoms with van der Waals surface area (Å²) in [6.45, 7) is 38.6. The van der Waals surface area contributed by atoms with E-state index >= 15 is 0 Å². The summed E-state index contributed by atoms with van der Waals surface area (Å²) in [4.78, 5) is 0. The van der Waals surface area contributed by atoms with E-state index in [1.165, 1.54) is 19.3 Å². The van der Waals surface area contributed by atoms with Crippen LogP contribution < -0.4 is 0 Å². The molecule has 0 heterocycles. The number of fused-ring (bicyclic) bond motifs is 10. The molecule has 5 aliphatic rings. The number of rotatable bonds is 0. The summed E-state index contributed by atoms with van der Waals surface area (Å²) in [6.07, 6.45) is 13.4. The van der Waals surface area contributed by atoms with Crippen molar-refractivity contribution in [3.63, 3.8) is 0 Å². The standard InChI is InChI=1S/C26H30.C6H6.C5H6.2C3H8.5C2H6.3CH4/c1-14-13-20-23(15(14)2)25-24(20)19-10-6-8-12-22(19)26(25)17(4)16(3)18-9-5-7-11-21(18)26;1-2-4-6-5-3-1;1-2-4-5-3-1;2*1-3-2;5*1-2;;;/h5-12,14-17,20,23-25H,13H2,1-4H3;1-6H;1-4H,5H2;2*3H2,1-2H3;5*1-2H3;3*1H4/t14-,15-,16-,17+,20+,23-,24?,25-,26?;;;;;;;;;;;;/m0............/s1. The molecule has 8 rings (SSSR count). The smallest absolute Gasteiger partial charge is 0.0276 e. The van der Waals surface area contributed by atoms with E-state index in [1.54, 1.807) is 22.3 Å². The molecule has 0 heteroatoms. The van der Waals surface area contributed by atoms with E-state index in [1.807, 2.05) is 106 Å². The molecule has 2 fully saturated rings. The van der Waals surface area contributed by atoms with Crippen molar-refractivity contribution in [1.29, 1.82) is 0 Å². The molecule has 0 N–H and O–H groups in total. The minimum absolute atomic E-state index is 0. The fraction of sp³-hybridized carbons (Fsp3) is 0.607. The highest BCUT2D eigenvalue weighted by atomic mass is 14.7. The van der Waals surface area contributed by atoms with Gasteiger partial charge in [-0.25, -0.2) is 0 Å². The summed E-state index contributed by atoms with van der Waals surface area (Å²) >= 11 is 0. The molecule has 5 aliphatic carbocycles. The van der Waals surface area contributed by atoms with Crippen molar-refractivity contribution in [1.82, 2.24) is 0 Å². The van der Waals surface area contributed by atoms with Crippen molar-refractivity contribution in [2.75, 3.05) is 0 Å². The molecule has 56 heavy (non-hydrogen) atoms. The zero-order valence-corrected chi connectivity index (χ0v) is 38.3. The van der Waals surface area contributed by atoms with E-state index < -0.39 is 0 Å². The molecule has 0 aromatic heterocycles. The molecular formula is C56H100. The third-order valence-corrected chi connectivity index (χ3v) is 10.9. The summed E-state index contributed by atoms with van der Waals surface area (Å²) < 4.78 is 0. The summed E-state index contributed by atoms with van der Waals surface area (Å²) in [6, 6.07) is 31.0. The monoisotopic (exact) mass is 773 g/mol. The first-order chi connectivity index (χ1) is 25.9. The average Bonchev–Trinajstić information content (AvgIpc) is 3.99. The zero-order valence-electron chi connectivity index (χ0n) is 38.3. The van der Waals surface area contributed by atoms with Crippen LogP contribution in [0.4, 0.5) is 0 Å². The van der Waals surface area contributed by atoms with Gasteiger partial charge in [-0.3, -0.25) is 0 Å². The molecule has 0 nitrogen and oxygen atoms in total. The Hall–Kier alpha value is -2.86. The van der Waals surface area contributed by atoms with Crippen molar-refractivity contribution < 1.29 is 0 Å². The van der Waals surface area contributed by atoms with Gasteiger partial charge in [0.2, 0.25) is 0 Å².